The van der Waals surface area contributed by atoms with E-state index in [9.17, 15) is 9.90 Å². The first-order valence-corrected chi connectivity index (χ1v) is 7.09. The number of benzene rings is 1. The van der Waals surface area contributed by atoms with Gasteiger partial charge in [-0.3, -0.25) is 0 Å². The Balaban J connectivity index is 2.52. The van der Waals surface area contributed by atoms with Gasteiger partial charge < -0.3 is 20.3 Å². The minimum absolute atomic E-state index is 0.243. The third-order valence-corrected chi connectivity index (χ3v) is 3.70. The van der Waals surface area contributed by atoms with Crippen molar-refractivity contribution in [2.45, 2.75) is 25.5 Å². The van der Waals surface area contributed by atoms with Gasteiger partial charge in [0.05, 0.1) is 11.2 Å². The van der Waals surface area contributed by atoms with Crippen LogP contribution in [0.1, 0.15) is 29.3 Å². The number of methoxy groups -OCH3 is 1. The molecule has 1 atom stereocenters. The summed E-state index contributed by atoms with van der Waals surface area (Å²) in [5.74, 6) is -0.951. The lowest BCUT2D eigenvalue weighted by Crippen LogP contribution is -2.38. The van der Waals surface area contributed by atoms with E-state index in [1.54, 1.807) is 32.2 Å². The molecule has 0 spiro atoms. The molecule has 0 bridgehead atoms. The van der Waals surface area contributed by atoms with Gasteiger partial charge in [-0.25, -0.2) is 4.79 Å². The molecule has 0 aliphatic heterocycles. The summed E-state index contributed by atoms with van der Waals surface area (Å²) in [4.78, 5) is 10.8. The second kappa shape index (κ2) is 7.73. The van der Waals surface area contributed by atoms with Crippen LogP contribution in [-0.4, -0.2) is 42.0 Å². The standard InChI is InChI=1S/C14H20BrNO4/c1-14(19,5-6-20-2)9-16-8-11-4-3-10(13(17)18)7-12(11)15/h3-4,7,16,19H,5-6,8-9H2,1-2H3,(H,17,18). The van der Waals surface area contributed by atoms with E-state index < -0.39 is 11.6 Å². The number of carboxylic acids is 1. The Morgan fingerprint density at radius 2 is 2.20 bits per heavy atom. The maximum atomic E-state index is 10.8. The van der Waals surface area contributed by atoms with Crippen molar-refractivity contribution in [2.24, 2.45) is 0 Å². The molecule has 112 valence electrons. The number of carboxylic acid groups (broad SMARTS) is 1. The number of rotatable bonds is 8. The van der Waals surface area contributed by atoms with Crippen molar-refractivity contribution in [2.75, 3.05) is 20.3 Å². The molecule has 20 heavy (non-hydrogen) atoms. The average molecular weight is 346 g/mol. The molecule has 6 heteroatoms. The SMILES string of the molecule is COCCC(C)(O)CNCc1ccc(C(=O)O)cc1Br. The summed E-state index contributed by atoms with van der Waals surface area (Å²) in [5.41, 5.74) is 0.356. The highest BCUT2D eigenvalue weighted by Crippen LogP contribution is 2.19. The molecule has 0 radical (unpaired) electrons. The Hall–Kier alpha value is -0.950. The zero-order chi connectivity index (χ0) is 15.2. The van der Waals surface area contributed by atoms with Crippen molar-refractivity contribution in [3.8, 4) is 0 Å². The number of aromatic carboxylic acids is 1. The lowest BCUT2D eigenvalue weighted by Gasteiger charge is -2.23. The number of halogens is 1. The van der Waals surface area contributed by atoms with Gasteiger partial charge in [-0.2, -0.15) is 0 Å². The van der Waals surface area contributed by atoms with Crippen LogP contribution in [0.5, 0.6) is 0 Å². The topological polar surface area (TPSA) is 78.8 Å². The Morgan fingerprint density at radius 3 is 2.75 bits per heavy atom. The number of aliphatic hydroxyl groups is 1. The van der Waals surface area contributed by atoms with Crippen LogP contribution in [0.4, 0.5) is 0 Å². The first kappa shape index (κ1) is 17.1. The summed E-state index contributed by atoms with van der Waals surface area (Å²) in [7, 11) is 1.60. The Labute approximate surface area is 127 Å². The minimum Gasteiger partial charge on any atom is -0.478 e. The van der Waals surface area contributed by atoms with Crippen molar-refractivity contribution in [3.63, 3.8) is 0 Å². The second-order valence-corrected chi connectivity index (χ2v) is 5.81. The van der Waals surface area contributed by atoms with Crippen LogP contribution in [0.15, 0.2) is 22.7 Å². The average Bonchev–Trinajstić information content (AvgIpc) is 2.38. The third kappa shape index (κ3) is 5.58. The van der Waals surface area contributed by atoms with Crippen molar-refractivity contribution in [1.29, 1.82) is 0 Å². The highest BCUT2D eigenvalue weighted by molar-refractivity contribution is 9.10. The van der Waals surface area contributed by atoms with Crippen LogP contribution >= 0.6 is 15.9 Å². The van der Waals surface area contributed by atoms with Crippen LogP contribution in [0.3, 0.4) is 0 Å². The predicted octanol–water partition coefficient (Wildman–Crippen LogP) is 2.02. The summed E-state index contributed by atoms with van der Waals surface area (Å²) in [6.45, 7) is 3.24. The predicted molar refractivity (Wildman–Crippen MR) is 79.9 cm³/mol. The van der Waals surface area contributed by atoms with E-state index in [-0.39, 0.29) is 5.56 Å². The maximum Gasteiger partial charge on any atom is 0.335 e. The monoisotopic (exact) mass is 345 g/mol. The van der Waals surface area contributed by atoms with Gasteiger partial charge in [0.2, 0.25) is 0 Å². The van der Waals surface area contributed by atoms with E-state index in [0.29, 0.717) is 26.1 Å². The van der Waals surface area contributed by atoms with Crippen LogP contribution in [0, 0.1) is 0 Å². The van der Waals surface area contributed by atoms with Gasteiger partial charge in [0.1, 0.15) is 0 Å². The lowest BCUT2D eigenvalue weighted by molar-refractivity contribution is 0.0247. The van der Waals surface area contributed by atoms with Crippen LogP contribution in [0.25, 0.3) is 0 Å². The Bertz CT molecular complexity index is 462. The quantitative estimate of drug-likeness (QED) is 0.671. The third-order valence-electron chi connectivity index (χ3n) is 2.97. The molecule has 0 fully saturated rings. The van der Waals surface area contributed by atoms with Gasteiger partial charge in [0.15, 0.2) is 0 Å². The molecule has 5 nitrogen and oxygen atoms in total. The highest BCUT2D eigenvalue weighted by atomic mass is 79.9. The summed E-state index contributed by atoms with van der Waals surface area (Å²) in [6.07, 6.45) is 0.551. The van der Waals surface area contributed by atoms with Gasteiger partial charge >= 0.3 is 5.97 Å². The summed E-state index contributed by atoms with van der Waals surface area (Å²) < 4.78 is 5.68. The number of hydrogen-bond donors (Lipinski definition) is 3. The summed E-state index contributed by atoms with van der Waals surface area (Å²) >= 11 is 3.35. The van der Waals surface area contributed by atoms with E-state index >= 15 is 0 Å². The zero-order valence-electron chi connectivity index (χ0n) is 11.6. The van der Waals surface area contributed by atoms with Crippen LogP contribution in [-0.2, 0) is 11.3 Å². The van der Waals surface area contributed by atoms with E-state index in [1.165, 1.54) is 0 Å². The molecule has 0 heterocycles. The van der Waals surface area contributed by atoms with Crippen LogP contribution < -0.4 is 5.32 Å². The van der Waals surface area contributed by atoms with Crippen molar-refractivity contribution < 1.29 is 19.7 Å². The Morgan fingerprint density at radius 1 is 1.50 bits per heavy atom. The van der Waals surface area contributed by atoms with E-state index in [4.69, 9.17) is 9.84 Å². The number of carbonyl (C=O) groups is 1. The van der Waals surface area contributed by atoms with Gasteiger partial charge in [-0.1, -0.05) is 22.0 Å². The van der Waals surface area contributed by atoms with E-state index in [0.717, 1.165) is 10.0 Å². The van der Waals surface area contributed by atoms with Gasteiger partial charge in [-0.05, 0) is 24.6 Å². The zero-order valence-corrected chi connectivity index (χ0v) is 13.2. The number of nitrogens with one attached hydrogen (secondary N) is 1. The summed E-state index contributed by atoms with van der Waals surface area (Å²) in [6, 6.07) is 4.89. The lowest BCUT2D eigenvalue weighted by atomic mass is 10.0. The molecule has 0 aliphatic rings. The van der Waals surface area contributed by atoms with Crippen molar-refractivity contribution in [3.05, 3.63) is 33.8 Å². The molecular formula is C14H20BrNO4. The van der Waals surface area contributed by atoms with E-state index in [2.05, 4.69) is 21.2 Å². The molecule has 1 rings (SSSR count). The first-order chi connectivity index (χ1) is 9.35. The molecular weight excluding hydrogens is 326 g/mol. The highest BCUT2D eigenvalue weighted by Gasteiger charge is 2.19. The van der Waals surface area contributed by atoms with Crippen molar-refractivity contribution >= 4 is 21.9 Å². The number of ether oxygens (including phenoxy) is 1. The molecule has 1 unspecified atom stereocenters. The smallest absolute Gasteiger partial charge is 0.335 e. The molecule has 0 aliphatic carbocycles. The normalized spacial score (nSPS) is 14.0. The van der Waals surface area contributed by atoms with Gasteiger partial charge in [-0.15, -0.1) is 0 Å². The number of hydrogen-bond acceptors (Lipinski definition) is 4. The molecule has 0 amide bonds. The molecule has 1 aromatic carbocycles. The Kier molecular flexibility index (Phi) is 6.61. The van der Waals surface area contributed by atoms with Gasteiger partial charge in [0, 0.05) is 37.7 Å². The molecule has 3 N–H and O–H groups in total. The maximum absolute atomic E-state index is 10.8. The molecule has 0 saturated carbocycles. The molecule has 0 aromatic heterocycles. The van der Waals surface area contributed by atoms with Crippen LogP contribution in [0.2, 0.25) is 0 Å². The molecule has 1 aromatic rings. The fraction of sp³-hybridized carbons (Fsp3) is 0.500. The fourth-order valence-electron chi connectivity index (χ4n) is 1.70. The summed E-state index contributed by atoms with van der Waals surface area (Å²) in [5, 5.41) is 22.1. The van der Waals surface area contributed by atoms with E-state index in [1.807, 2.05) is 0 Å². The molecule has 0 saturated heterocycles. The van der Waals surface area contributed by atoms with Gasteiger partial charge in [0.25, 0.3) is 0 Å². The fourth-order valence-corrected chi connectivity index (χ4v) is 2.22. The first-order valence-electron chi connectivity index (χ1n) is 6.29. The largest absolute Gasteiger partial charge is 0.478 e. The van der Waals surface area contributed by atoms with Crippen molar-refractivity contribution in [1.82, 2.24) is 5.32 Å². The minimum atomic E-state index is -0.951. The second-order valence-electron chi connectivity index (χ2n) is 4.95.